The number of halogens is 4. The van der Waals surface area contributed by atoms with E-state index in [1.54, 1.807) is 21.8 Å². The molecule has 11 nitrogen and oxygen atoms in total. The minimum Gasteiger partial charge on any atom is -0.361 e. The number of alkyl halides is 3. The fraction of sp³-hybridized carbons (Fsp3) is 0.323. The van der Waals surface area contributed by atoms with Crippen molar-refractivity contribution in [2.45, 2.75) is 52.4 Å². The molecule has 0 radical (unpaired) electrons. The molecule has 0 fully saturated rings. The average Bonchev–Trinajstić information content (AvgIpc) is 3.67. The molecule has 0 saturated carbocycles. The topological polar surface area (TPSA) is 139 Å². The average molecular weight is 675 g/mol. The SMILES string of the molecule is CCc1cccc(CC)c1-n1nc2c(c1-c1c(F)cc(COCOP(=O)(O)O)c3[nH]ccc13)CN(c1ncc(C(F)(F)F)cn1)CC2. The number of anilines is 1. The molecule has 0 bridgehead atoms. The summed E-state index contributed by atoms with van der Waals surface area (Å²) in [7, 11) is -4.75. The summed E-state index contributed by atoms with van der Waals surface area (Å²) in [6.45, 7) is 3.71. The standard InChI is InChI=1S/C31H31F4N6O5P/c1-3-18-6-5-7-19(4-2)28(18)41-29(23-15-40(11-9-25(23)39-41)30-37-13-21(14-38-30)31(33,34)35)26-22-8-10-36-27(22)20(12-24(26)32)16-45-17-46-47(42,43)44/h5-8,10,12-14,36H,3-4,9,11,15-17H2,1-2H3,(H2,42,43,44). The Morgan fingerprint density at radius 3 is 2.40 bits per heavy atom. The first-order chi connectivity index (χ1) is 22.4. The maximum atomic E-state index is 16.5. The number of para-hydroxylation sites is 1. The molecule has 2 aromatic carbocycles. The molecule has 5 aromatic rings. The van der Waals surface area contributed by atoms with Gasteiger partial charge in [-0.25, -0.2) is 23.6 Å². The number of hydrogen-bond acceptors (Lipinski definition) is 7. The largest absolute Gasteiger partial charge is 0.471 e. The molecule has 3 N–H and O–H groups in total. The van der Waals surface area contributed by atoms with Gasteiger partial charge in [0.25, 0.3) is 0 Å². The van der Waals surface area contributed by atoms with Crippen LogP contribution in [0.1, 0.15) is 47.4 Å². The van der Waals surface area contributed by atoms with Crippen LogP contribution >= 0.6 is 7.82 Å². The van der Waals surface area contributed by atoms with Gasteiger partial charge in [-0.05, 0) is 36.1 Å². The van der Waals surface area contributed by atoms with Crippen LogP contribution in [0.15, 0.2) is 48.9 Å². The molecule has 3 aromatic heterocycles. The van der Waals surface area contributed by atoms with E-state index < -0.39 is 32.2 Å². The first-order valence-corrected chi connectivity index (χ1v) is 16.3. The van der Waals surface area contributed by atoms with Crippen LogP contribution in [0.2, 0.25) is 0 Å². The second-order valence-electron chi connectivity index (χ2n) is 11.0. The number of phosphoric acid groups is 1. The van der Waals surface area contributed by atoms with Crippen molar-refractivity contribution in [3.05, 3.63) is 88.3 Å². The van der Waals surface area contributed by atoms with E-state index in [1.807, 2.05) is 32.0 Å². The molecule has 16 heteroatoms. The van der Waals surface area contributed by atoms with E-state index in [2.05, 4.69) is 19.5 Å². The summed E-state index contributed by atoms with van der Waals surface area (Å²) in [5.74, 6) is -0.478. The maximum Gasteiger partial charge on any atom is 0.471 e. The van der Waals surface area contributed by atoms with Gasteiger partial charge in [-0.15, -0.1) is 0 Å². The molecule has 0 atom stereocenters. The third-order valence-electron chi connectivity index (χ3n) is 8.14. The van der Waals surface area contributed by atoms with Crippen molar-refractivity contribution in [2.24, 2.45) is 0 Å². The minimum absolute atomic E-state index is 0.114. The van der Waals surface area contributed by atoms with Crippen molar-refractivity contribution in [1.82, 2.24) is 24.7 Å². The Balaban J connectivity index is 1.50. The highest BCUT2D eigenvalue weighted by Crippen LogP contribution is 2.41. The number of rotatable bonds is 10. The number of aryl methyl sites for hydroxylation is 2. The first kappa shape index (κ1) is 32.8. The fourth-order valence-corrected chi connectivity index (χ4v) is 6.17. The van der Waals surface area contributed by atoms with Crippen LogP contribution in [-0.4, -0.2) is 47.9 Å². The summed E-state index contributed by atoms with van der Waals surface area (Å²) in [6.07, 6.45) is 0.370. The highest BCUT2D eigenvalue weighted by Gasteiger charge is 2.34. The Hall–Kier alpha value is -4.14. The van der Waals surface area contributed by atoms with Crippen LogP contribution < -0.4 is 4.90 Å². The Kier molecular flexibility index (Phi) is 8.94. The lowest BCUT2D eigenvalue weighted by atomic mass is 9.95. The maximum absolute atomic E-state index is 16.5. The van der Waals surface area contributed by atoms with Crippen LogP contribution in [0.4, 0.5) is 23.5 Å². The number of aromatic amines is 1. The van der Waals surface area contributed by atoms with E-state index >= 15 is 4.39 Å². The Morgan fingerprint density at radius 1 is 1.06 bits per heavy atom. The lowest BCUT2D eigenvalue weighted by molar-refractivity contribution is -0.138. The Morgan fingerprint density at radius 2 is 1.77 bits per heavy atom. The predicted octanol–water partition coefficient (Wildman–Crippen LogP) is 6.24. The van der Waals surface area contributed by atoms with E-state index in [1.165, 1.54) is 6.07 Å². The van der Waals surface area contributed by atoms with Crippen LogP contribution in [0, 0.1) is 5.82 Å². The lowest BCUT2D eigenvalue weighted by Gasteiger charge is -2.27. The minimum atomic E-state index is -4.75. The fourth-order valence-electron chi connectivity index (χ4n) is 5.96. The molecular formula is C31H31F4N6O5P. The van der Waals surface area contributed by atoms with E-state index in [9.17, 15) is 17.7 Å². The molecule has 248 valence electrons. The smallest absolute Gasteiger partial charge is 0.361 e. The predicted molar refractivity (Wildman–Crippen MR) is 164 cm³/mol. The number of phosphoric ester groups is 1. The number of hydrogen-bond donors (Lipinski definition) is 3. The summed E-state index contributed by atoms with van der Waals surface area (Å²) in [5.41, 5.74) is 4.99. The molecule has 0 amide bonds. The van der Waals surface area contributed by atoms with Crippen molar-refractivity contribution < 1.29 is 41.2 Å². The zero-order valence-electron chi connectivity index (χ0n) is 25.4. The zero-order chi connectivity index (χ0) is 33.5. The van der Waals surface area contributed by atoms with Gasteiger partial charge in [0.2, 0.25) is 5.95 Å². The molecule has 1 aliphatic rings. The van der Waals surface area contributed by atoms with Crippen molar-refractivity contribution in [2.75, 3.05) is 18.2 Å². The number of nitrogens with zero attached hydrogens (tertiary/aromatic N) is 5. The second kappa shape index (κ2) is 12.8. The van der Waals surface area contributed by atoms with Gasteiger partial charge < -0.3 is 24.4 Å². The normalized spacial score (nSPS) is 13.8. The summed E-state index contributed by atoms with van der Waals surface area (Å²) < 4.78 is 78.6. The quantitative estimate of drug-likeness (QED) is 0.0680. The Labute approximate surface area is 266 Å². The Bertz CT molecular complexity index is 1950. The van der Waals surface area contributed by atoms with Crippen LogP contribution in [-0.2, 0) is 52.4 Å². The summed E-state index contributed by atoms with van der Waals surface area (Å²) >= 11 is 0. The zero-order valence-corrected chi connectivity index (χ0v) is 26.3. The van der Waals surface area contributed by atoms with Crippen LogP contribution in [0.3, 0.4) is 0 Å². The van der Waals surface area contributed by atoms with Crippen molar-refractivity contribution in [1.29, 1.82) is 0 Å². The first-order valence-electron chi connectivity index (χ1n) is 14.8. The van der Waals surface area contributed by atoms with Crippen LogP contribution in [0.5, 0.6) is 0 Å². The molecule has 0 spiro atoms. The van der Waals surface area contributed by atoms with Gasteiger partial charge in [0.15, 0.2) is 6.79 Å². The highest BCUT2D eigenvalue weighted by atomic mass is 31.2. The van der Waals surface area contributed by atoms with Gasteiger partial charge in [-0.3, -0.25) is 4.52 Å². The molecule has 1 aliphatic heterocycles. The summed E-state index contributed by atoms with van der Waals surface area (Å²) in [5, 5.41) is 5.55. The number of H-pyrrole nitrogens is 1. The van der Waals surface area contributed by atoms with E-state index in [4.69, 9.17) is 19.6 Å². The number of fused-ring (bicyclic) bond motifs is 2. The summed E-state index contributed by atoms with van der Waals surface area (Å²) in [4.78, 5) is 30.8. The van der Waals surface area contributed by atoms with Gasteiger partial charge in [-0.2, -0.15) is 18.3 Å². The van der Waals surface area contributed by atoms with Crippen LogP contribution in [0.25, 0.3) is 27.8 Å². The van der Waals surface area contributed by atoms with Crippen molar-refractivity contribution in [3.63, 3.8) is 0 Å². The molecule has 47 heavy (non-hydrogen) atoms. The van der Waals surface area contributed by atoms with Gasteiger partial charge in [0, 0.05) is 60.2 Å². The van der Waals surface area contributed by atoms with Gasteiger partial charge >= 0.3 is 14.0 Å². The van der Waals surface area contributed by atoms with Crippen molar-refractivity contribution in [3.8, 4) is 16.9 Å². The van der Waals surface area contributed by atoms with E-state index in [-0.39, 0.29) is 24.7 Å². The van der Waals surface area contributed by atoms with Gasteiger partial charge in [0.1, 0.15) is 5.82 Å². The van der Waals surface area contributed by atoms with Gasteiger partial charge in [-0.1, -0.05) is 32.0 Å². The van der Waals surface area contributed by atoms with E-state index in [0.717, 1.165) is 34.9 Å². The molecule has 4 heterocycles. The van der Waals surface area contributed by atoms with Gasteiger partial charge in [0.05, 0.1) is 34.8 Å². The second-order valence-corrected chi connectivity index (χ2v) is 12.2. The summed E-state index contributed by atoms with van der Waals surface area (Å²) in [6, 6.07) is 9.00. The number of benzene rings is 2. The lowest BCUT2D eigenvalue weighted by Crippen LogP contribution is -2.31. The van der Waals surface area contributed by atoms with Crippen molar-refractivity contribution >= 4 is 24.7 Å². The highest BCUT2D eigenvalue weighted by molar-refractivity contribution is 7.46. The molecular weight excluding hydrogens is 643 g/mol. The molecule has 0 saturated heterocycles. The van der Waals surface area contributed by atoms with E-state index in [0.29, 0.717) is 53.5 Å². The third-order valence-corrected chi connectivity index (χ3v) is 8.58. The number of aromatic nitrogens is 5. The third kappa shape index (κ3) is 6.54. The monoisotopic (exact) mass is 674 g/mol. The molecule has 6 rings (SSSR count). The number of nitrogens with one attached hydrogen (secondary N) is 1. The molecule has 0 unspecified atom stereocenters. The molecule has 0 aliphatic carbocycles. The number of ether oxygens (including phenoxy) is 1.